The summed E-state index contributed by atoms with van der Waals surface area (Å²) in [5.74, 6) is 0.338. The zero-order valence-corrected chi connectivity index (χ0v) is 17.7. The predicted octanol–water partition coefficient (Wildman–Crippen LogP) is 3.63. The number of carbonyl (C=O) groups is 1. The number of halogens is 2. The van der Waals surface area contributed by atoms with Gasteiger partial charge in [-0.25, -0.2) is 14.1 Å². The fourth-order valence-electron chi connectivity index (χ4n) is 3.70. The maximum absolute atomic E-state index is 14.0. The first-order valence-corrected chi connectivity index (χ1v) is 10.2. The summed E-state index contributed by atoms with van der Waals surface area (Å²) in [4.78, 5) is 21.2. The lowest BCUT2D eigenvalue weighted by atomic mass is 10.1. The number of carbonyl (C=O) groups excluding carboxylic acids is 1. The van der Waals surface area contributed by atoms with Crippen molar-refractivity contribution in [1.29, 1.82) is 0 Å². The third-order valence-corrected chi connectivity index (χ3v) is 5.68. The number of pyridine rings is 1. The van der Waals surface area contributed by atoms with E-state index in [4.69, 9.17) is 11.6 Å². The SMILES string of the molecule is Cc1cc(C)n(-c2ccc(C(=O)N3CCN(Cc4c(F)cccc4Cl)CC3)cn2)n1. The van der Waals surface area contributed by atoms with Gasteiger partial charge in [-0.1, -0.05) is 17.7 Å². The van der Waals surface area contributed by atoms with Crippen molar-refractivity contribution in [1.82, 2.24) is 24.6 Å². The topological polar surface area (TPSA) is 54.3 Å². The van der Waals surface area contributed by atoms with Crippen LogP contribution in [0.3, 0.4) is 0 Å². The molecule has 8 heteroatoms. The van der Waals surface area contributed by atoms with Gasteiger partial charge in [-0.15, -0.1) is 0 Å². The summed E-state index contributed by atoms with van der Waals surface area (Å²) in [6, 6.07) is 10.3. The molecule has 0 bridgehead atoms. The molecule has 1 amide bonds. The standard InChI is InChI=1S/C22H23ClFN5O/c1-15-12-16(2)29(26-15)21-7-6-17(13-25-21)22(30)28-10-8-27(9-11-28)14-18-19(23)4-3-5-20(18)24/h3-7,12-13H,8-11,14H2,1-2H3. The van der Waals surface area contributed by atoms with Crippen LogP contribution in [0.15, 0.2) is 42.6 Å². The largest absolute Gasteiger partial charge is 0.336 e. The molecule has 3 heterocycles. The highest BCUT2D eigenvalue weighted by molar-refractivity contribution is 6.31. The fourth-order valence-corrected chi connectivity index (χ4v) is 3.92. The summed E-state index contributed by atoms with van der Waals surface area (Å²) in [6.45, 7) is 6.80. The molecular weight excluding hydrogens is 405 g/mol. The molecule has 0 aliphatic carbocycles. The molecule has 1 aliphatic heterocycles. The second-order valence-electron chi connectivity index (χ2n) is 7.51. The third kappa shape index (κ3) is 4.22. The Morgan fingerprint density at radius 2 is 1.90 bits per heavy atom. The molecule has 4 rings (SSSR count). The van der Waals surface area contributed by atoms with Crippen molar-refractivity contribution in [2.75, 3.05) is 26.2 Å². The Balaban J connectivity index is 1.38. The maximum atomic E-state index is 14.0. The summed E-state index contributed by atoms with van der Waals surface area (Å²) in [5, 5.41) is 4.85. The van der Waals surface area contributed by atoms with Gasteiger partial charge in [0.2, 0.25) is 0 Å². The van der Waals surface area contributed by atoms with E-state index in [1.54, 1.807) is 34.0 Å². The highest BCUT2D eigenvalue weighted by Gasteiger charge is 2.23. The second kappa shape index (κ2) is 8.53. The smallest absolute Gasteiger partial charge is 0.255 e. The molecule has 1 saturated heterocycles. The minimum absolute atomic E-state index is 0.0500. The van der Waals surface area contributed by atoms with Crippen LogP contribution in [0.25, 0.3) is 5.82 Å². The highest BCUT2D eigenvalue weighted by Crippen LogP contribution is 2.21. The molecule has 0 unspecified atom stereocenters. The van der Waals surface area contributed by atoms with E-state index in [9.17, 15) is 9.18 Å². The lowest BCUT2D eigenvalue weighted by Gasteiger charge is -2.35. The van der Waals surface area contributed by atoms with Crippen molar-refractivity contribution in [2.45, 2.75) is 20.4 Å². The van der Waals surface area contributed by atoms with Gasteiger partial charge in [0.25, 0.3) is 5.91 Å². The Morgan fingerprint density at radius 1 is 1.13 bits per heavy atom. The van der Waals surface area contributed by atoms with Crippen molar-refractivity contribution in [2.24, 2.45) is 0 Å². The number of rotatable bonds is 4. The molecule has 156 valence electrons. The third-order valence-electron chi connectivity index (χ3n) is 5.32. The van der Waals surface area contributed by atoms with Crippen LogP contribution in [0.4, 0.5) is 4.39 Å². The Morgan fingerprint density at radius 3 is 2.50 bits per heavy atom. The molecule has 0 radical (unpaired) electrons. The van der Waals surface area contributed by atoms with Gasteiger partial charge >= 0.3 is 0 Å². The Labute approximate surface area is 179 Å². The minimum Gasteiger partial charge on any atom is -0.336 e. The first-order valence-electron chi connectivity index (χ1n) is 9.86. The monoisotopic (exact) mass is 427 g/mol. The highest BCUT2D eigenvalue weighted by atomic mass is 35.5. The summed E-state index contributed by atoms with van der Waals surface area (Å²) in [7, 11) is 0. The Hall–Kier alpha value is -2.77. The van der Waals surface area contributed by atoms with Crippen molar-refractivity contribution >= 4 is 17.5 Å². The van der Waals surface area contributed by atoms with Crippen molar-refractivity contribution in [3.63, 3.8) is 0 Å². The minimum atomic E-state index is -0.296. The molecule has 30 heavy (non-hydrogen) atoms. The van der Waals surface area contributed by atoms with E-state index in [0.29, 0.717) is 54.7 Å². The molecule has 6 nitrogen and oxygen atoms in total. The summed E-state index contributed by atoms with van der Waals surface area (Å²) in [5.41, 5.74) is 2.96. The number of hydrogen-bond acceptors (Lipinski definition) is 4. The molecular formula is C22H23ClFN5O. The molecule has 3 aromatic rings. The van der Waals surface area contributed by atoms with E-state index in [1.807, 2.05) is 26.0 Å². The lowest BCUT2D eigenvalue weighted by Crippen LogP contribution is -2.48. The van der Waals surface area contributed by atoms with Crippen LogP contribution >= 0.6 is 11.6 Å². The molecule has 0 spiro atoms. The van der Waals surface area contributed by atoms with Crippen molar-refractivity contribution in [3.05, 3.63) is 75.9 Å². The normalized spacial score (nSPS) is 14.9. The molecule has 0 N–H and O–H groups in total. The number of hydrogen-bond donors (Lipinski definition) is 0. The average Bonchev–Trinajstić information content (AvgIpc) is 3.09. The number of aromatic nitrogens is 3. The van der Waals surface area contributed by atoms with Gasteiger partial charge in [0.1, 0.15) is 5.82 Å². The Kier molecular flexibility index (Phi) is 5.83. The summed E-state index contributed by atoms with van der Waals surface area (Å²) >= 11 is 6.13. The van der Waals surface area contributed by atoms with Crippen LogP contribution in [0, 0.1) is 19.7 Å². The number of piperazine rings is 1. The lowest BCUT2D eigenvalue weighted by molar-refractivity contribution is 0.0626. The van der Waals surface area contributed by atoms with Gasteiger partial charge in [0.05, 0.1) is 11.3 Å². The predicted molar refractivity (Wildman–Crippen MR) is 113 cm³/mol. The summed E-state index contributed by atoms with van der Waals surface area (Å²) < 4.78 is 15.8. The van der Waals surface area contributed by atoms with E-state index < -0.39 is 0 Å². The van der Waals surface area contributed by atoms with Gasteiger partial charge in [0, 0.05) is 55.2 Å². The average molecular weight is 428 g/mol. The fraction of sp³-hybridized carbons (Fsp3) is 0.318. The zero-order chi connectivity index (χ0) is 21.3. The van der Waals surface area contributed by atoms with Crippen LogP contribution in [-0.2, 0) is 6.54 Å². The van der Waals surface area contributed by atoms with Crippen LogP contribution in [0.5, 0.6) is 0 Å². The second-order valence-corrected chi connectivity index (χ2v) is 7.92. The number of amides is 1. The molecule has 0 atom stereocenters. The zero-order valence-electron chi connectivity index (χ0n) is 17.0. The van der Waals surface area contributed by atoms with Gasteiger partial charge in [-0.2, -0.15) is 5.10 Å². The van der Waals surface area contributed by atoms with Crippen molar-refractivity contribution < 1.29 is 9.18 Å². The van der Waals surface area contributed by atoms with Gasteiger partial charge in [-0.3, -0.25) is 9.69 Å². The number of nitrogens with zero attached hydrogens (tertiary/aromatic N) is 5. The van der Waals surface area contributed by atoms with Crippen LogP contribution in [0.2, 0.25) is 5.02 Å². The quantitative estimate of drug-likeness (QED) is 0.638. The van der Waals surface area contributed by atoms with E-state index in [-0.39, 0.29) is 11.7 Å². The van der Waals surface area contributed by atoms with Gasteiger partial charge in [-0.05, 0) is 44.2 Å². The molecule has 2 aromatic heterocycles. The van der Waals surface area contributed by atoms with Crippen molar-refractivity contribution in [3.8, 4) is 5.82 Å². The van der Waals surface area contributed by atoms with E-state index in [0.717, 1.165) is 11.4 Å². The van der Waals surface area contributed by atoms with E-state index in [1.165, 1.54) is 6.07 Å². The van der Waals surface area contributed by atoms with E-state index >= 15 is 0 Å². The molecule has 1 fully saturated rings. The van der Waals surface area contributed by atoms with Gasteiger partial charge < -0.3 is 4.90 Å². The summed E-state index contributed by atoms with van der Waals surface area (Å²) in [6.07, 6.45) is 1.60. The van der Waals surface area contributed by atoms with E-state index in [2.05, 4.69) is 15.0 Å². The number of benzene rings is 1. The van der Waals surface area contributed by atoms with Crippen LogP contribution in [-0.4, -0.2) is 56.7 Å². The van der Waals surface area contributed by atoms with Gasteiger partial charge in [0.15, 0.2) is 5.82 Å². The van der Waals surface area contributed by atoms with Crippen LogP contribution < -0.4 is 0 Å². The maximum Gasteiger partial charge on any atom is 0.255 e. The van der Waals surface area contributed by atoms with Crippen LogP contribution in [0.1, 0.15) is 27.3 Å². The molecule has 1 aromatic carbocycles. The number of aryl methyl sites for hydroxylation is 2. The Bertz CT molecular complexity index is 1040. The molecule has 0 saturated carbocycles. The first kappa shape index (κ1) is 20.5. The first-order chi connectivity index (χ1) is 14.4. The molecule has 1 aliphatic rings.